The molecule has 0 saturated carbocycles. The third-order valence-electron chi connectivity index (χ3n) is 3.94. The Kier molecular flexibility index (Phi) is 4.87. The second-order valence-electron chi connectivity index (χ2n) is 5.79. The lowest BCUT2D eigenvalue weighted by molar-refractivity contribution is 0.340. The highest BCUT2D eigenvalue weighted by atomic mass is 32.2. The van der Waals surface area contributed by atoms with Crippen molar-refractivity contribution in [1.82, 2.24) is 0 Å². The summed E-state index contributed by atoms with van der Waals surface area (Å²) in [5.41, 5.74) is 1.07. The van der Waals surface area contributed by atoms with E-state index in [2.05, 4.69) is 11.8 Å². The van der Waals surface area contributed by atoms with Crippen molar-refractivity contribution in [2.24, 2.45) is 4.99 Å². The third kappa shape index (κ3) is 3.66. The Morgan fingerprint density at radius 3 is 2.61 bits per heavy atom. The summed E-state index contributed by atoms with van der Waals surface area (Å²) >= 11 is 1.61. The smallest absolute Gasteiger partial charge is 0.164 e. The molecule has 1 aromatic rings. The van der Waals surface area contributed by atoms with Gasteiger partial charge in [-0.05, 0) is 37.6 Å². The molecule has 0 N–H and O–H groups in total. The Labute approximate surface area is 142 Å². The van der Waals surface area contributed by atoms with E-state index in [1.165, 1.54) is 0 Å². The molecule has 0 aliphatic carbocycles. The first-order chi connectivity index (χ1) is 11.0. The molecule has 0 aromatic heterocycles. The van der Waals surface area contributed by atoms with Crippen molar-refractivity contribution in [2.45, 2.75) is 31.6 Å². The van der Waals surface area contributed by atoms with Gasteiger partial charge in [-0.2, -0.15) is 0 Å². The van der Waals surface area contributed by atoms with Gasteiger partial charge in [-0.25, -0.2) is 8.42 Å². The number of benzene rings is 1. The van der Waals surface area contributed by atoms with Crippen LogP contribution in [0.15, 0.2) is 29.3 Å². The van der Waals surface area contributed by atoms with Gasteiger partial charge in [0.25, 0.3) is 0 Å². The highest BCUT2D eigenvalue weighted by Gasteiger charge is 2.43. The van der Waals surface area contributed by atoms with Gasteiger partial charge in [0.1, 0.15) is 5.75 Å². The summed E-state index contributed by atoms with van der Waals surface area (Å²) < 4.78 is 28.9. The summed E-state index contributed by atoms with van der Waals surface area (Å²) in [6, 6.07) is 7.92. The van der Waals surface area contributed by atoms with Crippen LogP contribution < -0.4 is 9.64 Å². The van der Waals surface area contributed by atoms with Gasteiger partial charge >= 0.3 is 0 Å². The first-order valence-corrected chi connectivity index (χ1v) is 10.7. The number of fused-ring (bicyclic) bond motifs is 1. The van der Waals surface area contributed by atoms with Crippen molar-refractivity contribution in [3.63, 3.8) is 0 Å². The summed E-state index contributed by atoms with van der Waals surface area (Å²) in [6.45, 7) is 5.62. The quantitative estimate of drug-likeness (QED) is 0.813. The summed E-state index contributed by atoms with van der Waals surface area (Å²) in [6.07, 6.45) is 1.00. The van der Waals surface area contributed by atoms with E-state index >= 15 is 0 Å². The molecule has 7 heteroatoms. The minimum Gasteiger partial charge on any atom is -0.494 e. The number of rotatable bonds is 5. The van der Waals surface area contributed by atoms with Crippen LogP contribution in [-0.4, -0.2) is 49.5 Å². The van der Waals surface area contributed by atoms with Crippen LogP contribution >= 0.6 is 11.8 Å². The largest absolute Gasteiger partial charge is 0.494 e. The topological polar surface area (TPSA) is 59.0 Å². The first kappa shape index (κ1) is 16.6. The molecule has 1 aromatic carbocycles. The minimum atomic E-state index is -2.91. The van der Waals surface area contributed by atoms with E-state index in [1.807, 2.05) is 31.2 Å². The molecule has 0 bridgehead atoms. The molecule has 23 heavy (non-hydrogen) atoms. The Bertz CT molecular complexity index is 686. The number of aliphatic imine (C=N–C) groups is 1. The summed E-state index contributed by atoms with van der Waals surface area (Å²) in [4.78, 5) is 6.88. The average Bonchev–Trinajstić information content (AvgIpc) is 2.99. The number of hydrogen-bond donors (Lipinski definition) is 0. The molecule has 0 spiro atoms. The standard InChI is InChI=1S/C16H22N2O3S2/c1-3-9-18(12-5-7-13(8-6-12)21-4-2)16-17-14-10-23(19,20)11-15(14)22-16/h5-8,14-15H,3-4,9-11H2,1-2H3/t14-,15+/m0/s1. The SMILES string of the molecule is CCCN(C1=N[C@H]2CS(=O)(=O)C[C@H]2S1)c1ccc(OCC)cc1. The van der Waals surface area contributed by atoms with Crippen molar-refractivity contribution in [2.75, 3.05) is 29.6 Å². The summed E-state index contributed by atoms with van der Waals surface area (Å²) in [5, 5.41) is 1.03. The first-order valence-electron chi connectivity index (χ1n) is 7.97. The monoisotopic (exact) mass is 354 g/mol. The van der Waals surface area contributed by atoms with Gasteiger partial charge in [-0.1, -0.05) is 18.7 Å². The molecule has 1 fully saturated rings. The van der Waals surface area contributed by atoms with E-state index in [0.717, 1.165) is 29.6 Å². The fourth-order valence-corrected chi connectivity index (χ4v) is 6.73. The van der Waals surface area contributed by atoms with Crippen LogP contribution in [0, 0.1) is 0 Å². The van der Waals surface area contributed by atoms with Crippen LogP contribution in [-0.2, 0) is 9.84 Å². The summed E-state index contributed by atoms with van der Waals surface area (Å²) in [5.74, 6) is 1.30. The number of amidine groups is 1. The lowest BCUT2D eigenvalue weighted by Crippen LogP contribution is -2.29. The number of ether oxygens (including phenoxy) is 1. The molecule has 3 rings (SSSR count). The number of anilines is 1. The van der Waals surface area contributed by atoms with Crippen molar-refractivity contribution in [3.8, 4) is 5.75 Å². The normalized spacial score (nSPS) is 25.0. The molecule has 2 atom stereocenters. The van der Waals surface area contributed by atoms with Crippen molar-refractivity contribution in [3.05, 3.63) is 24.3 Å². The van der Waals surface area contributed by atoms with E-state index in [-0.39, 0.29) is 22.8 Å². The van der Waals surface area contributed by atoms with Crippen molar-refractivity contribution >= 4 is 32.5 Å². The number of thioether (sulfide) groups is 1. The van der Waals surface area contributed by atoms with Gasteiger partial charge in [0.05, 0.1) is 24.2 Å². The zero-order valence-corrected chi connectivity index (χ0v) is 15.1. The third-order valence-corrected chi connectivity index (χ3v) is 7.19. The van der Waals surface area contributed by atoms with Crippen molar-refractivity contribution in [1.29, 1.82) is 0 Å². The van der Waals surface area contributed by atoms with Gasteiger partial charge in [-0.15, -0.1) is 0 Å². The Morgan fingerprint density at radius 1 is 1.26 bits per heavy atom. The Balaban J connectivity index is 1.80. The Hall–Kier alpha value is -1.21. The number of hydrogen-bond acceptors (Lipinski definition) is 6. The van der Waals surface area contributed by atoms with Crippen LogP contribution in [0.1, 0.15) is 20.3 Å². The highest BCUT2D eigenvalue weighted by Crippen LogP contribution is 2.37. The van der Waals surface area contributed by atoms with Gasteiger partial charge in [0.2, 0.25) is 0 Å². The van der Waals surface area contributed by atoms with Gasteiger partial charge in [0.15, 0.2) is 15.0 Å². The zero-order chi connectivity index (χ0) is 16.4. The van der Waals surface area contributed by atoms with E-state index < -0.39 is 9.84 Å². The molecule has 5 nitrogen and oxygen atoms in total. The molecule has 2 aliphatic rings. The maximum Gasteiger partial charge on any atom is 0.164 e. The van der Waals surface area contributed by atoms with Crippen LogP contribution in [0.5, 0.6) is 5.75 Å². The Morgan fingerprint density at radius 2 is 2.00 bits per heavy atom. The van der Waals surface area contributed by atoms with Crippen LogP contribution in [0.3, 0.4) is 0 Å². The fraction of sp³-hybridized carbons (Fsp3) is 0.562. The fourth-order valence-electron chi connectivity index (χ4n) is 2.92. The molecular weight excluding hydrogens is 332 g/mol. The predicted octanol–water partition coefficient (Wildman–Crippen LogP) is 2.57. The van der Waals surface area contributed by atoms with Gasteiger partial charge in [0, 0.05) is 17.5 Å². The molecule has 0 amide bonds. The molecule has 126 valence electrons. The lowest BCUT2D eigenvalue weighted by atomic mass is 10.2. The van der Waals surface area contributed by atoms with E-state index in [1.54, 1.807) is 11.8 Å². The van der Waals surface area contributed by atoms with Crippen LogP contribution in [0.2, 0.25) is 0 Å². The van der Waals surface area contributed by atoms with Crippen LogP contribution in [0.25, 0.3) is 0 Å². The predicted molar refractivity (Wildman–Crippen MR) is 96.5 cm³/mol. The maximum absolute atomic E-state index is 11.7. The molecule has 0 unspecified atom stereocenters. The van der Waals surface area contributed by atoms with Crippen molar-refractivity contribution < 1.29 is 13.2 Å². The van der Waals surface area contributed by atoms with Gasteiger partial charge < -0.3 is 9.64 Å². The second kappa shape index (κ2) is 6.73. The second-order valence-corrected chi connectivity index (χ2v) is 9.15. The maximum atomic E-state index is 11.7. The average molecular weight is 354 g/mol. The highest BCUT2D eigenvalue weighted by molar-refractivity contribution is 8.15. The van der Waals surface area contributed by atoms with E-state index in [9.17, 15) is 8.42 Å². The lowest BCUT2D eigenvalue weighted by Gasteiger charge is -2.24. The molecule has 2 aliphatic heterocycles. The molecule has 2 heterocycles. The molecule has 0 radical (unpaired) electrons. The minimum absolute atomic E-state index is 0.0806. The summed E-state index contributed by atoms with van der Waals surface area (Å²) in [7, 11) is -2.91. The van der Waals surface area contributed by atoms with Crippen LogP contribution in [0.4, 0.5) is 5.69 Å². The molecular formula is C16H22N2O3S2. The van der Waals surface area contributed by atoms with Gasteiger partial charge in [-0.3, -0.25) is 4.99 Å². The van der Waals surface area contributed by atoms with E-state index in [0.29, 0.717) is 6.61 Å². The zero-order valence-electron chi connectivity index (χ0n) is 13.4. The van der Waals surface area contributed by atoms with E-state index in [4.69, 9.17) is 9.73 Å². The number of nitrogens with zero attached hydrogens (tertiary/aromatic N) is 2. The number of sulfone groups is 1. The molecule has 1 saturated heterocycles.